The molecule has 7 aromatic rings. The quantitative estimate of drug-likeness (QED) is 0.208. The Kier molecular flexibility index (Phi) is 5.55. The number of allylic oxidation sites excluding steroid dienone is 1. The van der Waals surface area contributed by atoms with Gasteiger partial charge in [-0.1, -0.05) is 106 Å². The van der Waals surface area contributed by atoms with Crippen molar-refractivity contribution in [1.82, 2.24) is 15.0 Å². The lowest BCUT2D eigenvalue weighted by Crippen LogP contribution is -2.17. The number of hydrogen-bond donors (Lipinski definition) is 0. The Hall–Kier alpha value is -5.35. The number of para-hydroxylation sites is 1. The van der Waals surface area contributed by atoms with Gasteiger partial charge in [0.15, 0.2) is 17.5 Å². The number of rotatable bonds is 3. The van der Waals surface area contributed by atoms with Crippen LogP contribution in [0.3, 0.4) is 0 Å². The van der Waals surface area contributed by atoms with Crippen molar-refractivity contribution in [2.75, 3.05) is 0 Å². The molecular weight excluding hydrogens is 550 g/mol. The predicted octanol–water partition coefficient (Wildman–Crippen LogP) is 10.0. The average Bonchev–Trinajstić information content (AvgIpc) is 3.55. The fourth-order valence-electron chi connectivity index (χ4n) is 7.39. The maximum absolute atomic E-state index is 6.12. The minimum Gasteiger partial charge on any atom is -0.456 e. The highest BCUT2D eigenvalue weighted by molar-refractivity contribution is 6.06. The first-order valence-corrected chi connectivity index (χ1v) is 15.7. The van der Waals surface area contributed by atoms with Crippen LogP contribution in [0.2, 0.25) is 0 Å². The molecule has 0 radical (unpaired) electrons. The summed E-state index contributed by atoms with van der Waals surface area (Å²) in [6, 6.07) is 38.3. The molecule has 0 N–H and O–H groups in total. The van der Waals surface area contributed by atoms with Crippen LogP contribution in [0.4, 0.5) is 0 Å². The molecule has 9 rings (SSSR count). The van der Waals surface area contributed by atoms with Gasteiger partial charge in [0.05, 0.1) is 0 Å². The number of nitrogens with zero attached hydrogens (tertiary/aromatic N) is 3. The molecule has 4 heteroatoms. The highest BCUT2D eigenvalue weighted by Crippen LogP contribution is 2.51. The molecule has 0 fully saturated rings. The highest BCUT2D eigenvalue weighted by Gasteiger charge is 2.37. The smallest absolute Gasteiger partial charge is 0.164 e. The summed E-state index contributed by atoms with van der Waals surface area (Å²) in [5.41, 5.74) is 12.6. The molecule has 216 valence electrons. The van der Waals surface area contributed by atoms with Crippen LogP contribution in [0.5, 0.6) is 0 Å². The minimum atomic E-state index is -0.0859. The second kappa shape index (κ2) is 9.57. The second-order valence-electron chi connectivity index (χ2n) is 13.0. The zero-order valence-electron chi connectivity index (χ0n) is 25.5. The molecule has 2 aliphatic rings. The van der Waals surface area contributed by atoms with Crippen molar-refractivity contribution in [3.63, 3.8) is 0 Å². The van der Waals surface area contributed by atoms with Gasteiger partial charge in [0.25, 0.3) is 0 Å². The summed E-state index contributed by atoms with van der Waals surface area (Å²) >= 11 is 0. The van der Waals surface area contributed by atoms with E-state index in [1.54, 1.807) is 0 Å². The molecule has 2 aliphatic carbocycles. The van der Waals surface area contributed by atoms with Gasteiger partial charge < -0.3 is 4.42 Å². The molecule has 0 spiro atoms. The van der Waals surface area contributed by atoms with Gasteiger partial charge in [-0.05, 0) is 76.1 Å². The summed E-state index contributed by atoms with van der Waals surface area (Å²) in [6.45, 7) is 6.96. The summed E-state index contributed by atoms with van der Waals surface area (Å²) in [7, 11) is 0. The van der Waals surface area contributed by atoms with Crippen molar-refractivity contribution in [2.45, 2.75) is 32.6 Å². The largest absolute Gasteiger partial charge is 0.456 e. The number of benzene rings is 5. The summed E-state index contributed by atoms with van der Waals surface area (Å²) in [6.07, 6.45) is 3.34. The molecule has 45 heavy (non-hydrogen) atoms. The van der Waals surface area contributed by atoms with Crippen molar-refractivity contribution < 1.29 is 4.42 Å². The lowest BCUT2D eigenvalue weighted by Gasteiger charge is -2.26. The summed E-state index contributed by atoms with van der Waals surface area (Å²) in [5, 5.41) is 2.14. The maximum Gasteiger partial charge on any atom is 0.164 e. The van der Waals surface area contributed by atoms with E-state index in [4.69, 9.17) is 19.4 Å². The number of furan rings is 1. The van der Waals surface area contributed by atoms with Gasteiger partial charge in [-0.15, -0.1) is 0 Å². The Bertz CT molecular complexity index is 2350. The summed E-state index contributed by atoms with van der Waals surface area (Å²) in [4.78, 5) is 15.4. The van der Waals surface area contributed by atoms with Crippen molar-refractivity contribution in [3.05, 3.63) is 143 Å². The molecule has 1 unspecified atom stereocenters. The first-order valence-electron chi connectivity index (χ1n) is 15.7. The molecule has 0 aliphatic heterocycles. The highest BCUT2D eigenvalue weighted by atomic mass is 16.3. The van der Waals surface area contributed by atoms with Crippen molar-refractivity contribution in [1.29, 1.82) is 0 Å². The first-order chi connectivity index (χ1) is 21.9. The lowest BCUT2D eigenvalue weighted by atomic mass is 9.78. The molecule has 1 atom stereocenters. The van der Waals surface area contributed by atoms with Gasteiger partial charge in [-0.2, -0.15) is 0 Å². The lowest BCUT2D eigenvalue weighted by molar-refractivity contribution is 0.658. The van der Waals surface area contributed by atoms with Gasteiger partial charge in [0, 0.05) is 32.9 Å². The maximum atomic E-state index is 6.12. The van der Waals surface area contributed by atoms with E-state index in [0.29, 0.717) is 23.4 Å². The monoisotopic (exact) mass is 581 g/mol. The van der Waals surface area contributed by atoms with E-state index < -0.39 is 0 Å². The molecule has 4 nitrogen and oxygen atoms in total. The Labute approximate surface area is 262 Å². The van der Waals surface area contributed by atoms with Gasteiger partial charge in [-0.25, -0.2) is 15.0 Å². The summed E-state index contributed by atoms with van der Waals surface area (Å²) in [5.74, 6) is 2.38. The normalized spacial score (nSPS) is 16.3. The number of aromatic nitrogens is 3. The van der Waals surface area contributed by atoms with Crippen LogP contribution < -0.4 is 0 Å². The minimum absolute atomic E-state index is 0.0859. The number of fused-ring (bicyclic) bond motifs is 7. The third-order valence-corrected chi connectivity index (χ3v) is 9.63. The molecule has 2 heterocycles. The van der Waals surface area contributed by atoms with E-state index in [9.17, 15) is 0 Å². The molecule has 0 amide bonds. The summed E-state index contributed by atoms with van der Waals surface area (Å²) < 4.78 is 6.12. The van der Waals surface area contributed by atoms with Gasteiger partial charge in [0.2, 0.25) is 0 Å². The SMILES string of the molecule is CC1C=C(c2nc(-c3ccccc3)nc(-c3ccc4oc5ccccc5c4c3)n2)c2cc3c(cc2C1)-c1ccccc1C3(C)C. The van der Waals surface area contributed by atoms with Crippen LogP contribution in [0.15, 0.2) is 120 Å². The predicted molar refractivity (Wildman–Crippen MR) is 182 cm³/mol. The van der Waals surface area contributed by atoms with Crippen LogP contribution in [0.1, 0.15) is 48.8 Å². The molecule has 0 saturated carbocycles. The van der Waals surface area contributed by atoms with Gasteiger partial charge in [-0.3, -0.25) is 0 Å². The molecular formula is C41H31N3O. The fourth-order valence-corrected chi connectivity index (χ4v) is 7.39. The van der Waals surface area contributed by atoms with E-state index in [1.165, 1.54) is 33.4 Å². The zero-order chi connectivity index (χ0) is 30.3. The molecule has 5 aromatic carbocycles. The Morgan fingerprint density at radius 2 is 1.31 bits per heavy atom. The standard InChI is InChI=1S/C41H31N3O/c1-24-19-27-22-31-28-13-7-9-15-34(28)41(2,3)35(31)23-30(27)33(20-24)40-43-38(25-11-5-4-6-12-25)42-39(44-40)26-17-18-37-32(21-26)29-14-8-10-16-36(29)45-37/h4-18,20-24H,19H2,1-3H3. The topological polar surface area (TPSA) is 51.8 Å². The van der Waals surface area contributed by atoms with Crippen molar-refractivity contribution in [2.24, 2.45) is 5.92 Å². The Morgan fingerprint density at radius 3 is 2.18 bits per heavy atom. The van der Waals surface area contributed by atoms with Gasteiger partial charge >= 0.3 is 0 Å². The molecule has 0 saturated heterocycles. The van der Waals surface area contributed by atoms with Crippen LogP contribution in [-0.2, 0) is 11.8 Å². The first kappa shape index (κ1) is 26.1. The Balaban J connectivity index is 1.25. The third-order valence-electron chi connectivity index (χ3n) is 9.63. The van der Waals surface area contributed by atoms with Crippen LogP contribution in [-0.4, -0.2) is 15.0 Å². The average molecular weight is 582 g/mol. The van der Waals surface area contributed by atoms with E-state index >= 15 is 0 Å². The van der Waals surface area contributed by atoms with Crippen LogP contribution in [0, 0.1) is 5.92 Å². The molecule has 0 bridgehead atoms. The molecule has 2 aromatic heterocycles. The number of hydrogen-bond acceptors (Lipinski definition) is 4. The van der Waals surface area contributed by atoms with Crippen molar-refractivity contribution in [3.8, 4) is 33.9 Å². The van der Waals surface area contributed by atoms with E-state index in [2.05, 4.69) is 93.6 Å². The van der Waals surface area contributed by atoms with E-state index in [1.807, 2.05) is 42.5 Å². The van der Waals surface area contributed by atoms with Crippen LogP contribution >= 0.6 is 0 Å². The third kappa shape index (κ3) is 4.02. The Morgan fingerprint density at radius 1 is 0.600 bits per heavy atom. The zero-order valence-corrected chi connectivity index (χ0v) is 25.5. The fraction of sp³-hybridized carbons (Fsp3) is 0.146. The van der Waals surface area contributed by atoms with Crippen LogP contribution in [0.25, 0.3) is 61.4 Å². The van der Waals surface area contributed by atoms with E-state index in [0.717, 1.165) is 45.1 Å². The van der Waals surface area contributed by atoms with Gasteiger partial charge in [0.1, 0.15) is 11.2 Å². The van der Waals surface area contributed by atoms with Crippen molar-refractivity contribution >= 4 is 27.5 Å². The second-order valence-corrected chi connectivity index (χ2v) is 13.0. The van der Waals surface area contributed by atoms with E-state index in [-0.39, 0.29) is 5.41 Å².